The summed E-state index contributed by atoms with van der Waals surface area (Å²) >= 11 is 0. The molecule has 39 heavy (non-hydrogen) atoms. The molecular weight excluding hydrogens is 516 g/mol. The van der Waals surface area contributed by atoms with Crippen LogP contribution in [0.15, 0.2) is 71.9 Å². The fourth-order valence-corrected chi connectivity index (χ4v) is 4.03. The minimum Gasteiger partial charge on any atom is -0.398 e. The highest BCUT2D eigenvalue weighted by Gasteiger charge is 2.37. The molecule has 1 heterocycles. The minimum atomic E-state index is -4.87. The van der Waals surface area contributed by atoms with Crippen molar-refractivity contribution in [1.82, 2.24) is 15.8 Å². The van der Waals surface area contributed by atoms with Crippen LogP contribution < -0.4 is 22.2 Å². The second kappa shape index (κ2) is 10.6. The number of nitrogens with two attached hydrogens (primary N) is 2. The van der Waals surface area contributed by atoms with Gasteiger partial charge < -0.3 is 21.8 Å². The van der Waals surface area contributed by atoms with E-state index in [2.05, 4.69) is 15.7 Å². The molecule has 0 saturated carbocycles. The van der Waals surface area contributed by atoms with Gasteiger partial charge in [0.2, 0.25) is 5.91 Å². The van der Waals surface area contributed by atoms with Crippen LogP contribution in [0, 0.1) is 12.7 Å². The summed E-state index contributed by atoms with van der Waals surface area (Å²) in [5, 5.41) is 3.93. The number of primary amides is 1. The van der Waals surface area contributed by atoms with Crippen LogP contribution in [-0.4, -0.2) is 29.7 Å². The van der Waals surface area contributed by atoms with Crippen LogP contribution in [0.1, 0.15) is 49.0 Å². The average Bonchev–Trinajstić information content (AvgIpc) is 3.30. The van der Waals surface area contributed by atoms with Crippen LogP contribution in [0.2, 0.25) is 0 Å². The van der Waals surface area contributed by atoms with E-state index in [0.717, 1.165) is 11.6 Å². The zero-order chi connectivity index (χ0) is 28.5. The molecule has 6 N–H and O–H groups in total. The molecule has 0 radical (unpaired) electrons. The van der Waals surface area contributed by atoms with Crippen molar-refractivity contribution < 1.29 is 27.2 Å². The summed E-state index contributed by atoms with van der Waals surface area (Å²) in [7, 11) is 1.59. The van der Waals surface area contributed by atoms with Gasteiger partial charge >= 0.3 is 6.18 Å². The fraction of sp³-hybridized carbons (Fsp3) is 0.148. The first-order valence-corrected chi connectivity index (χ1v) is 11.6. The second-order valence-corrected chi connectivity index (χ2v) is 8.84. The Morgan fingerprint density at radius 1 is 1.08 bits per heavy atom. The third-order valence-electron chi connectivity index (χ3n) is 6.04. The molecule has 202 valence electrons. The van der Waals surface area contributed by atoms with Gasteiger partial charge in [0.25, 0.3) is 5.91 Å². The van der Waals surface area contributed by atoms with Crippen molar-refractivity contribution in [3.63, 3.8) is 0 Å². The molecule has 0 fully saturated rings. The van der Waals surface area contributed by atoms with E-state index < -0.39 is 41.0 Å². The van der Waals surface area contributed by atoms with E-state index in [9.17, 15) is 22.8 Å². The van der Waals surface area contributed by atoms with Crippen LogP contribution in [0.4, 0.5) is 28.9 Å². The number of hydrogen-bond donors (Lipinski definition) is 4. The lowest BCUT2D eigenvalue weighted by Crippen LogP contribution is -2.33. The van der Waals surface area contributed by atoms with Gasteiger partial charge in [0.1, 0.15) is 11.7 Å². The molecule has 8 nitrogen and oxygen atoms in total. The molecule has 0 saturated heterocycles. The first-order valence-electron chi connectivity index (χ1n) is 11.6. The van der Waals surface area contributed by atoms with Gasteiger partial charge in [0.05, 0.1) is 22.9 Å². The maximum absolute atomic E-state index is 15.0. The van der Waals surface area contributed by atoms with Gasteiger partial charge in [-0.05, 0) is 60.5 Å². The van der Waals surface area contributed by atoms with E-state index in [-0.39, 0.29) is 28.2 Å². The van der Waals surface area contributed by atoms with Gasteiger partial charge in [-0.15, -0.1) is 0 Å². The number of para-hydroxylation sites is 1. The number of rotatable bonds is 5. The summed E-state index contributed by atoms with van der Waals surface area (Å²) < 4.78 is 56.3. The number of aryl methyl sites for hydroxylation is 1. The standard InChI is InChI=1S/C27H24F4N6O2/c1-14-5-3-4-6-22(14)34-25(16-8-7-15(24(33)38)11-21(16)32)35-26(39)18-12-17(23-9-10-37(2)36-23)19(13-20(18)28)27(29,30)31/h3-13,23,36H,32H2,1-2H3,(H2,33,38)(H,34,35,39). The molecule has 0 spiro atoms. The van der Waals surface area contributed by atoms with Gasteiger partial charge in [-0.3, -0.25) is 9.59 Å². The van der Waals surface area contributed by atoms with Crippen LogP contribution in [0.25, 0.3) is 0 Å². The number of carbonyl (C=O) groups excluding carboxylic acids is 2. The van der Waals surface area contributed by atoms with E-state index in [1.54, 1.807) is 38.2 Å². The molecule has 4 rings (SSSR count). The first-order chi connectivity index (χ1) is 18.3. The Kier molecular flexibility index (Phi) is 7.41. The van der Waals surface area contributed by atoms with Gasteiger partial charge in [-0.2, -0.15) is 13.2 Å². The number of nitrogens with zero attached hydrogens (tertiary/aromatic N) is 2. The summed E-state index contributed by atoms with van der Waals surface area (Å²) in [6, 6.07) is 11.2. The number of nitrogen functional groups attached to an aromatic ring is 1. The molecule has 1 aliphatic heterocycles. The molecule has 1 atom stereocenters. The van der Waals surface area contributed by atoms with Gasteiger partial charge in [0, 0.05) is 30.1 Å². The number of alkyl halides is 3. The maximum atomic E-state index is 15.0. The monoisotopic (exact) mass is 540 g/mol. The molecule has 0 bridgehead atoms. The van der Waals surface area contributed by atoms with Crippen molar-refractivity contribution in [3.8, 4) is 0 Å². The number of nitrogens with one attached hydrogen (secondary N) is 2. The largest absolute Gasteiger partial charge is 0.416 e. The number of amidine groups is 1. The lowest BCUT2D eigenvalue weighted by atomic mass is 9.96. The maximum Gasteiger partial charge on any atom is 0.416 e. The Bertz CT molecular complexity index is 1520. The predicted molar refractivity (Wildman–Crippen MR) is 138 cm³/mol. The molecule has 12 heteroatoms. The smallest absolute Gasteiger partial charge is 0.398 e. The SMILES string of the molecule is Cc1ccccc1N=C(NC(=O)c1cc(C2C=CN(C)N2)c(C(F)(F)F)cc1F)c1ccc(C(N)=O)cc1N. The molecule has 0 aromatic heterocycles. The summed E-state index contributed by atoms with van der Waals surface area (Å²) in [5.74, 6) is -3.26. The zero-order valence-corrected chi connectivity index (χ0v) is 20.8. The quantitative estimate of drug-likeness (QED) is 0.166. The Morgan fingerprint density at radius 3 is 2.38 bits per heavy atom. The number of hydrazine groups is 1. The number of aliphatic imine (C=N–C) groups is 1. The molecule has 3 aromatic rings. The lowest BCUT2D eigenvalue weighted by molar-refractivity contribution is -0.138. The summed E-state index contributed by atoms with van der Waals surface area (Å²) in [6.07, 6.45) is -1.90. The van der Waals surface area contributed by atoms with E-state index in [0.29, 0.717) is 11.8 Å². The summed E-state index contributed by atoms with van der Waals surface area (Å²) in [6.45, 7) is 1.78. The number of carbonyl (C=O) groups is 2. The second-order valence-electron chi connectivity index (χ2n) is 8.84. The molecule has 3 aromatic carbocycles. The van der Waals surface area contributed by atoms with Crippen molar-refractivity contribution in [2.45, 2.75) is 19.1 Å². The van der Waals surface area contributed by atoms with Crippen molar-refractivity contribution >= 4 is 29.0 Å². The normalized spacial score (nSPS) is 15.5. The molecular formula is C27H24F4N6O2. The third kappa shape index (κ3) is 5.91. The lowest BCUT2D eigenvalue weighted by Gasteiger charge is -2.21. The van der Waals surface area contributed by atoms with Gasteiger partial charge in [-0.1, -0.05) is 18.2 Å². The van der Waals surface area contributed by atoms with Crippen molar-refractivity contribution in [3.05, 3.63) is 106 Å². The molecule has 1 aliphatic rings. The Morgan fingerprint density at radius 2 is 1.79 bits per heavy atom. The zero-order valence-electron chi connectivity index (χ0n) is 20.8. The highest BCUT2D eigenvalue weighted by Crippen LogP contribution is 2.37. The number of anilines is 1. The highest BCUT2D eigenvalue weighted by molar-refractivity contribution is 6.16. The Labute approximate surface area is 221 Å². The Hall–Kier alpha value is -4.71. The number of hydrogen-bond acceptors (Lipinski definition) is 6. The van der Waals surface area contributed by atoms with E-state index in [1.165, 1.54) is 35.5 Å². The van der Waals surface area contributed by atoms with E-state index >= 15 is 4.39 Å². The predicted octanol–water partition coefficient (Wildman–Crippen LogP) is 4.35. The average molecular weight is 541 g/mol. The van der Waals surface area contributed by atoms with Crippen molar-refractivity contribution in [2.24, 2.45) is 10.7 Å². The third-order valence-corrected chi connectivity index (χ3v) is 6.04. The fourth-order valence-electron chi connectivity index (χ4n) is 4.03. The van der Waals surface area contributed by atoms with Crippen LogP contribution in [-0.2, 0) is 6.18 Å². The molecule has 2 amide bonds. The molecule has 0 aliphatic carbocycles. The summed E-state index contributed by atoms with van der Waals surface area (Å²) in [4.78, 5) is 29.4. The van der Waals surface area contributed by atoms with Crippen LogP contribution in [0.3, 0.4) is 0 Å². The van der Waals surface area contributed by atoms with Gasteiger partial charge in [-0.25, -0.2) is 14.8 Å². The minimum absolute atomic E-state index is 0.0378. The van der Waals surface area contributed by atoms with Crippen molar-refractivity contribution in [2.75, 3.05) is 12.8 Å². The van der Waals surface area contributed by atoms with Crippen LogP contribution >= 0.6 is 0 Å². The van der Waals surface area contributed by atoms with Gasteiger partial charge in [0.15, 0.2) is 0 Å². The number of benzene rings is 3. The highest BCUT2D eigenvalue weighted by atomic mass is 19.4. The van der Waals surface area contributed by atoms with Crippen LogP contribution in [0.5, 0.6) is 0 Å². The summed E-state index contributed by atoms with van der Waals surface area (Å²) in [5.41, 5.74) is 13.6. The molecule has 1 unspecified atom stereocenters. The van der Waals surface area contributed by atoms with E-state index in [1.807, 2.05) is 0 Å². The van der Waals surface area contributed by atoms with E-state index in [4.69, 9.17) is 11.5 Å². The number of halogens is 4. The van der Waals surface area contributed by atoms with Crippen molar-refractivity contribution in [1.29, 1.82) is 0 Å². The first kappa shape index (κ1) is 27.3. The topological polar surface area (TPSA) is 126 Å². The Balaban J connectivity index is 1.80. The number of amides is 2.